The van der Waals surface area contributed by atoms with Crippen molar-refractivity contribution in [2.75, 3.05) is 7.11 Å². The Morgan fingerprint density at radius 3 is 3.11 bits per heavy atom. The first-order valence-corrected chi connectivity index (χ1v) is 6.31. The summed E-state index contributed by atoms with van der Waals surface area (Å²) >= 11 is 0. The molecule has 1 aliphatic carbocycles. The van der Waals surface area contributed by atoms with Crippen LogP contribution in [0.3, 0.4) is 0 Å². The number of hydrogen-bond donors (Lipinski definition) is 1. The number of fused-ring (bicyclic) bond motifs is 2. The van der Waals surface area contributed by atoms with Crippen molar-refractivity contribution < 1.29 is 14.7 Å². The topological polar surface area (TPSA) is 62.7 Å². The lowest BCUT2D eigenvalue weighted by molar-refractivity contribution is -0.177. The lowest BCUT2D eigenvalue weighted by atomic mass is 9.90. The third-order valence-corrected chi connectivity index (χ3v) is 4.05. The molecule has 0 aromatic carbocycles. The Morgan fingerprint density at radius 2 is 2.42 bits per heavy atom. The maximum atomic E-state index is 11.6. The molecule has 0 bridgehead atoms. The van der Waals surface area contributed by atoms with Crippen molar-refractivity contribution >= 4 is 17.7 Å². The monoisotopic (exact) mass is 260 g/mol. The van der Waals surface area contributed by atoms with Crippen molar-refractivity contribution in [1.29, 1.82) is 0 Å². The number of carbonyl (C=O) groups is 1. The number of rotatable bonds is 2. The second-order valence-electron chi connectivity index (χ2n) is 5.22. The third-order valence-electron chi connectivity index (χ3n) is 4.05. The molecular formula is C14H16N2O3. The van der Waals surface area contributed by atoms with Crippen molar-refractivity contribution in [3.63, 3.8) is 0 Å². The first kappa shape index (κ1) is 12.2. The van der Waals surface area contributed by atoms with Gasteiger partial charge in [-0.2, -0.15) is 0 Å². The van der Waals surface area contributed by atoms with Crippen LogP contribution < -0.4 is 10.6 Å². The fourth-order valence-corrected chi connectivity index (χ4v) is 3.14. The van der Waals surface area contributed by atoms with Crippen LogP contribution in [-0.2, 0) is 9.63 Å². The Labute approximate surface area is 110 Å². The first-order chi connectivity index (χ1) is 9.08. The molecule has 0 spiro atoms. The van der Waals surface area contributed by atoms with Gasteiger partial charge in [0.2, 0.25) is 0 Å². The van der Waals surface area contributed by atoms with Gasteiger partial charge >= 0.3 is 5.97 Å². The highest BCUT2D eigenvalue weighted by molar-refractivity contribution is 5.82. The summed E-state index contributed by atoms with van der Waals surface area (Å²) in [6.07, 6.45) is 5.18. The summed E-state index contributed by atoms with van der Waals surface area (Å²) in [5.41, 5.74) is -0.0713. The number of pyridine rings is 1. The number of aliphatic carboxylic acids is 1. The van der Waals surface area contributed by atoms with E-state index in [0.717, 1.165) is 22.7 Å². The largest absolute Gasteiger partial charge is 0.479 e. The minimum absolute atomic E-state index is 0.178. The normalized spacial score (nSPS) is 28.6. The van der Waals surface area contributed by atoms with Gasteiger partial charge in [0.1, 0.15) is 0 Å². The molecule has 2 heterocycles. The molecule has 1 aromatic heterocycles. The van der Waals surface area contributed by atoms with E-state index in [0.29, 0.717) is 6.42 Å². The van der Waals surface area contributed by atoms with Crippen molar-refractivity contribution in [1.82, 2.24) is 10.0 Å². The van der Waals surface area contributed by atoms with Gasteiger partial charge in [-0.05, 0) is 31.9 Å². The molecule has 5 nitrogen and oxygen atoms in total. The molecule has 1 aliphatic heterocycles. The molecule has 19 heavy (non-hydrogen) atoms. The number of carboxylic acids is 1. The highest BCUT2D eigenvalue weighted by atomic mass is 16.7. The summed E-state index contributed by atoms with van der Waals surface area (Å²) < 4.78 is 0. The van der Waals surface area contributed by atoms with Crippen LogP contribution in [0.5, 0.6) is 0 Å². The molecule has 2 unspecified atom stereocenters. The van der Waals surface area contributed by atoms with Crippen LogP contribution in [0.1, 0.15) is 19.8 Å². The lowest BCUT2D eigenvalue weighted by Crippen LogP contribution is -2.48. The van der Waals surface area contributed by atoms with Crippen molar-refractivity contribution in [2.45, 2.75) is 25.3 Å². The third kappa shape index (κ3) is 1.58. The Hall–Kier alpha value is -1.88. The first-order valence-electron chi connectivity index (χ1n) is 6.31. The zero-order chi connectivity index (χ0) is 13.6. The number of hydrogen-bond acceptors (Lipinski definition) is 4. The van der Waals surface area contributed by atoms with E-state index < -0.39 is 11.5 Å². The Kier molecular flexibility index (Phi) is 2.60. The Bertz CT molecular complexity index is 655. The van der Waals surface area contributed by atoms with E-state index in [-0.39, 0.29) is 5.92 Å². The lowest BCUT2D eigenvalue weighted by Gasteiger charge is -2.31. The van der Waals surface area contributed by atoms with Crippen molar-refractivity contribution in [2.24, 2.45) is 5.92 Å². The molecule has 1 fully saturated rings. The predicted octanol–water partition coefficient (Wildman–Crippen LogP) is 0.101. The maximum Gasteiger partial charge on any atom is 0.331 e. The molecule has 0 saturated carbocycles. The quantitative estimate of drug-likeness (QED) is 0.817. The van der Waals surface area contributed by atoms with Crippen LogP contribution in [0.15, 0.2) is 18.3 Å². The van der Waals surface area contributed by atoms with E-state index in [1.54, 1.807) is 18.2 Å². The van der Waals surface area contributed by atoms with E-state index >= 15 is 0 Å². The van der Waals surface area contributed by atoms with Crippen molar-refractivity contribution in [3.05, 3.63) is 28.9 Å². The molecule has 100 valence electrons. The van der Waals surface area contributed by atoms with Crippen LogP contribution in [0.4, 0.5) is 0 Å². The minimum atomic E-state index is -1.01. The molecule has 1 saturated heterocycles. The summed E-state index contributed by atoms with van der Waals surface area (Å²) in [6.45, 7) is 1.71. The van der Waals surface area contributed by atoms with Crippen LogP contribution in [0.2, 0.25) is 0 Å². The summed E-state index contributed by atoms with van der Waals surface area (Å²) in [4.78, 5) is 21.3. The van der Waals surface area contributed by atoms with Crippen molar-refractivity contribution in [3.8, 4) is 0 Å². The molecule has 2 atom stereocenters. The number of nitrogens with zero attached hydrogens (tertiary/aromatic N) is 2. The van der Waals surface area contributed by atoms with Gasteiger partial charge in [0.05, 0.1) is 18.2 Å². The smallest absolute Gasteiger partial charge is 0.331 e. The van der Waals surface area contributed by atoms with E-state index in [2.05, 4.69) is 11.1 Å². The highest BCUT2D eigenvalue weighted by Crippen LogP contribution is 2.43. The molecule has 1 N–H and O–H groups in total. The Balaban J connectivity index is 2.27. The van der Waals surface area contributed by atoms with Crippen LogP contribution in [0, 0.1) is 5.92 Å². The highest BCUT2D eigenvalue weighted by Gasteiger charge is 2.51. The van der Waals surface area contributed by atoms with Gasteiger partial charge in [-0.1, -0.05) is 6.08 Å². The molecular weight excluding hydrogens is 244 g/mol. The summed E-state index contributed by atoms with van der Waals surface area (Å²) in [6, 6.07) is 3.84. The van der Waals surface area contributed by atoms with Gasteiger partial charge in [0.15, 0.2) is 5.54 Å². The molecule has 0 amide bonds. The predicted molar refractivity (Wildman–Crippen MR) is 69.0 cm³/mol. The number of aromatic nitrogens is 1. The van der Waals surface area contributed by atoms with Gasteiger partial charge in [-0.3, -0.25) is 9.82 Å². The van der Waals surface area contributed by atoms with Gasteiger partial charge in [-0.25, -0.2) is 9.86 Å². The van der Waals surface area contributed by atoms with Gasteiger partial charge in [0.25, 0.3) is 0 Å². The van der Waals surface area contributed by atoms with Gasteiger partial charge in [-0.15, -0.1) is 0 Å². The van der Waals surface area contributed by atoms with Crippen LogP contribution >= 0.6 is 0 Å². The standard InChI is InChI=1S/C14H16N2O3/c1-14(13(17)18)8-9-5-6-11-10(4-3-7-15-11)12(9)16(14)19-2/h3-4,6-7,9H,5,8H2,1-2H3,(H,17,18). The zero-order valence-electron chi connectivity index (χ0n) is 11.0. The van der Waals surface area contributed by atoms with E-state index in [9.17, 15) is 9.90 Å². The maximum absolute atomic E-state index is 11.6. The summed E-state index contributed by atoms with van der Waals surface area (Å²) in [5, 5.41) is 12.9. The molecule has 5 heteroatoms. The zero-order valence-corrected chi connectivity index (χ0v) is 11.0. The molecule has 2 aliphatic rings. The fraction of sp³-hybridized carbons (Fsp3) is 0.429. The average molecular weight is 260 g/mol. The van der Waals surface area contributed by atoms with E-state index in [1.165, 1.54) is 7.11 Å². The SMILES string of the molecule is CON1C2=c3cccnc3=CCC2CC1(C)C(=O)O. The second-order valence-corrected chi connectivity index (χ2v) is 5.22. The number of carboxylic acid groups (broad SMARTS) is 1. The number of hydroxylamine groups is 2. The summed E-state index contributed by atoms with van der Waals surface area (Å²) in [7, 11) is 1.52. The van der Waals surface area contributed by atoms with Gasteiger partial charge in [0, 0.05) is 17.3 Å². The minimum Gasteiger partial charge on any atom is -0.479 e. The van der Waals surface area contributed by atoms with E-state index in [1.807, 2.05) is 12.1 Å². The molecule has 3 rings (SSSR count). The molecule has 1 aromatic rings. The fourth-order valence-electron chi connectivity index (χ4n) is 3.14. The second kappa shape index (κ2) is 4.06. The van der Waals surface area contributed by atoms with Crippen LogP contribution in [-0.4, -0.2) is 33.8 Å². The van der Waals surface area contributed by atoms with Gasteiger partial charge < -0.3 is 5.11 Å². The average Bonchev–Trinajstić information content (AvgIpc) is 2.72. The molecule has 0 radical (unpaired) electrons. The summed E-state index contributed by atoms with van der Waals surface area (Å²) in [5.74, 6) is -0.681. The van der Waals surface area contributed by atoms with Crippen LogP contribution in [0.25, 0.3) is 11.8 Å². The Morgan fingerprint density at radius 1 is 1.63 bits per heavy atom. The van der Waals surface area contributed by atoms with E-state index in [4.69, 9.17) is 4.84 Å².